The first-order valence-corrected chi connectivity index (χ1v) is 4.59. The molecule has 0 atom stereocenters. The number of hydrogen-bond donors (Lipinski definition) is 0. The van der Waals surface area contributed by atoms with Crippen molar-refractivity contribution in [2.45, 2.75) is 0 Å². The van der Waals surface area contributed by atoms with Gasteiger partial charge in [0.05, 0.1) is 16.9 Å². The molecule has 2 heterocycles. The molecule has 2 aromatic rings. The van der Waals surface area contributed by atoms with Gasteiger partial charge in [-0.05, 0) is 6.08 Å². The molecule has 0 fully saturated rings. The van der Waals surface area contributed by atoms with Gasteiger partial charge in [-0.3, -0.25) is 0 Å². The lowest BCUT2D eigenvalue weighted by Crippen LogP contribution is -1.92. The van der Waals surface area contributed by atoms with Crippen LogP contribution in [-0.4, -0.2) is 19.9 Å². The van der Waals surface area contributed by atoms with E-state index in [0.29, 0.717) is 16.5 Å². The Hall–Kier alpha value is -1.81. The summed E-state index contributed by atoms with van der Waals surface area (Å²) in [6, 6.07) is 0. The molecular formula is C10H7ClN4. The molecule has 0 aromatic carbocycles. The number of halogens is 1. The second kappa shape index (κ2) is 4.14. The summed E-state index contributed by atoms with van der Waals surface area (Å²) in [6.07, 6.45) is 7.84. The van der Waals surface area contributed by atoms with Crippen LogP contribution in [0.5, 0.6) is 0 Å². The minimum Gasteiger partial charge on any atom is -0.244 e. The average molecular weight is 219 g/mol. The summed E-state index contributed by atoms with van der Waals surface area (Å²) in [4.78, 5) is 16.0. The van der Waals surface area contributed by atoms with Crippen molar-refractivity contribution in [1.82, 2.24) is 19.9 Å². The van der Waals surface area contributed by atoms with Crippen molar-refractivity contribution in [1.29, 1.82) is 0 Å². The minimum atomic E-state index is 0.468. The van der Waals surface area contributed by atoms with Gasteiger partial charge < -0.3 is 0 Å². The maximum absolute atomic E-state index is 5.97. The van der Waals surface area contributed by atoms with Gasteiger partial charge in [-0.15, -0.1) is 0 Å². The van der Waals surface area contributed by atoms with Crippen LogP contribution in [0.2, 0.25) is 5.02 Å². The molecule has 0 amide bonds. The van der Waals surface area contributed by atoms with Crippen LogP contribution in [0, 0.1) is 0 Å². The van der Waals surface area contributed by atoms with E-state index in [2.05, 4.69) is 26.5 Å². The first kappa shape index (κ1) is 9.73. The molecule has 0 saturated heterocycles. The Morgan fingerprint density at radius 2 is 1.93 bits per heavy atom. The van der Waals surface area contributed by atoms with Crippen LogP contribution >= 0.6 is 11.6 Å². The van der Waals surface area contributed by atoms with E-state index < -0.39 is 0 Å². The summed E-state index contributed by atoms with van der Waals surface area (Å²) >= 11 is 5.97. The second-order valence-corrected chi connectivity index (χ2v) is 3.16. The highest BCUT2D eigenvalue weighted by atomic mass is 35.5. The number of hydrogen-bond acceptors (Lipinski definition) is 4. The summed E-state index contributed by atoms with van der Waals surface area (Å²) in [5, 5.41) is 0.468. The third-order valence-electron chi connectivity index (χ3n) is 1.78. The Morgan fingerprint density at radius 1 is 1.20 bits per heavy atom. The lowest BCUT2D eigenvalue weighted by atomic mass is 10.2. The molecule has 0 radical (unpaired) electrons. The van der Waals surface area contributed by atoms with E-state index in [1.54, 1.807) is 18.5 Å². The molecule has 0 bridgehead atoms. The van der Waals surface area contributed by atoms with E-state index in [1.807, 2.05) is 0 Å². The second-order valence-electron chi connectivity index (χ2n) is 2.76. The summed E-state index contributed by atoms with van der Waals surface area (Å²) in [7, 11) is 0. The van der Waals surface area contributed by atoms with Crippen LogP contribution in [-0.2, 0) is 0 Å². The Balaban J connectivity index is 2.57. The molecule has 0 unspecified atom stereocenters. The Kier molecular flexibility index (Phi) is 2.69. The van der Waals surface area contributed by atoms with Crippen molar-refractivity contribution < 1.29 is 0 Å². The molecule has 5 heteroatoms. The molecule has 74 valence electrons. The molecule has 4 nitrogen and oxygen atoms in total. The Morgan fingerprint density at radius 3 is 2.60 bits per heavy atom. The highest BCUT2D eigenvalue weighted by molar-refractivity contribution is 6.32. The van der Waals surface area contributed by atoms with E-state index in [1.165, 1.54) is 12.5 Å². The monoisotopic (exact) mass is 218 g/mol. The molecule has 0 saturated carbocycles. The number of nitrogens with zero attached hydrogens (tertiary/aromatic N) is 4. The normalized spacial score (nSPS) is 9.93. The Labute approximate surface area is 91.7 Å². The van der Waals surface area contributed by atoms with Gasteiger partial charge in [0.2, 0.25) is 0 Å². The van der Waals surface area contributed by atoms with Crippen molar-refractivity contribution in [2.24, 2.45) is 0 Å². The molecule has 0 aliphatic heterocycles. The van der Waals surface area contributed by atoms with E-state index in [4.69, 9.17) is 11.6 Å². The number of aromatic nitrogens is 4. The zero-order valence-corrected chi connectivity index (χ0v) is 8.52. The van der Waals surface area contributed by atoms with Crippen LogP contribution in [0.25, 0.3) is 17.3 Å². The van der Waals surface area contributed by atoms with Gasteiger partial charge in [0.1, 0.15) is 6.33 Å². The van der Waals surface area contributed by atoms with E-state index in [0.717, 1.165) is 5.56 Å². The molecule has 0 aliphatic carbocycles. The molecule has 0 aliphatic rings. The predicted octanol–water partition coefficient (Wildman–Crippen LogP) is 2.23. The summed E-state index contributed by atoms with van der Waals surface area (Å²) in [6.45, 7) is 3.60. The Bertz CT molecular complexity index is 484. The topological polar surface area (TPSA) is 51.6 Å². The van der Waals surface area contributed by atoms with Crippen LogP contribution in [0.1, 0.15) is 5.82 Å². The molecular weight excluding hydrogens is 212 g/mol. The van der Waals surface area contributed by atoms with Gasteiger partial charge >= 0.3 is 0 Å². The predicted molar refractivity (Wildman–Crippen MR) is 58.2 cm³/mol. The highest BCUT2D eigenvalue weighted by Crippen LogP contribution is 2.23. The van der Waals surface area contributed by atoms with Gasteiger partial charge in [-0.25, -0.2) is 19.9 Å². The third-order valence-corrected chi connectivity index (χ3v) is 2.06. The highest BCUT2D eigenvalue weighted by Gasteiger charge is 2.06. The zero-order chi connectivity index (χ0) is 10.7. The summed E-state index contributed by atoms with van der Waals surface area (Å²) in [5.74, 6) is 0.526. The van der Waals surface area contributed by atoms with Crippen molar-refractivity contribution >= 4 is 17.7 Å². The molecule has 2 rings (SSSR count). The first-order chi connectivity index (χ1) is 7.31. The van der Waals surface area contributed by atoms with E-state index >= 15 is 0 Å². The molecule has 0 spiro atoms. The third kappa shape index (κ3) is 1.99. The van der Waals surface area contributed by atoms with Gasteiger partial charge in [0, 0.05) is 18.0 Å². The SMILES string of the molecule is C=Cc1ncc(Cl)c(-c2cncnc2)n1. The fraction of sp³-hybridized carbons (Fsp3) is 0. The zero-order valence-electron chi connectivity index (χ0n) is 7.76. The van der Waals surface area contributed by atoms with Crippen LogP contribution in [0.4, 0.5) is 0 Å². The van der Waals surface area contributed by atoms with Gasteiger partial charge in [0.25, 0.3) is 0 Å². The van der Waals surface area contributed by atoms with Crippen molar-refractivity contribution in [3.63, 3.8) is 0 Å². The summed E-state index contributed by atoms with van der Waals surface area (Å²) < 4.78 is 0. The average Bonchev–Trinajstić information content (AvgIpc) is 2.31. The standard InChI is InChI=1S/C10H7ClN4/c1-2-9-14-5-8(11)10(15-9)7-3-12-6-13-4-7/h2-6H,1H2. The quantitative estimate of drug-likeness (QED) is 0.776. The van der Waals surface area contributed by atoms with Crippen LogP contribution in [0.3, 0.4) is 0 Å². The van der Waals surface area contributed by atoms with Gasteiger partial charge in [-0.2, -0.15) is 0 Å². The van der Waals surface area contributed by atoms with Crippen molar-refractivity contribution in [3.8, 4) is 11.3 Å². The van der Waals surface area contributed by atoms with Gasteiger partial charge in [-0.1, -0.05) is 18.2 Å². The maximum Gasteiger partial charge on any atom is 0.151 e. The summed E-state index contributed by atoms with van der Waals surface area (Å²) in [5.41, 5.74) is 1.37. The van der Waals surface area contributed by atoms with Crippen LogP contribution in [0.15, 0.2) is 31.5 Å². The lowest BCUT2D eigenvalue weighted by Gasteiger charge is -2.02. The smallest absolute Gasteiger partial charge is 0.151 e. The van der Waals surface area contributed by atoms with Crippen LogP contribution < -0.4 is 0 Å². The molecule has 0 N–H and O–H groups in total. The fourth-order valence-corrected chi connectivity index (χ4v) is 1.30. The largest absolute Gasteiger partial charge is 0.244 e. The first-order valence-electron chi connectivity index (χ1n) is 4.21. The number of rotatable bonds is 2. The minimum absolute atomic E-state index is 0.468. The van der Waals surface area contributed by atoms with Gasteiger partial charge in [0.15, 0.2) is 5.82 Å². The van der Waals surface area contributed by atoms with Crippen molar-refractivity contribution in [3.05, 3.63) is 42.3 Å². The molecule has 2 aromatic heterocycles. The maximum atomic E-state index is 5.97. The van der Waals surface area contributed by atoms with E-state index in [9.17, 15) is 0 Å². The van der Waals surface area contributed by atoms with Crippen molar-refractivity contribution in [2.75, 3.05) is 0 Å². The molecule has 15 heavy (non-hydrogen) atoms. The fourth-order valence-electron chi connectivity index (χ4n) is 1.10. The van der Waals surface area contributed by atoms with E-state index in [-0.39, 0.29) is 0 Å². The lowest BCUT2D eigenvalue weighted by molar-refractivity contribution is 1.12.